The van der Waals surface area contributed by atoms with Gasteiger partial charge in [-0.15, -0.1) is 11.3 Å². The molecular weight excluding hydrogens is 355 g/mol. The molecule has 0 spiro atoms. The van der Waals surface area contributed by atoms with Gasteiger partial charge in [0.2, 0.25) is 11.8 Å². The maximum absolute atomic E-state index is 12.8. The predicted molar refractivity (Wildman–Crippen MR) is 98.2 cm³/mol. The van der Waals surface area contributed by atoms with E-state index in [1.165, 1.54) is 35.6 Å². The molecule has 3 aromatic rings. The summed E-state index contributed by atoms with van der Waals surface area (Å²) < 4.78 is 12.8. The second kappa shape index (κ2) is 8.30. The first-order valence-corrected chi connectivity index (χ1v) is 8.70. The number of nitrogens with zero attached hydrogens (tertiary/aromatic N) is 2. The van der Waals surface area contributed by atoms with Crippen molar-refractivity contribution in [1.29, 1.82) is 0 Å². The monoisotopic (exact) mass is 370 g/mol. The number of thiazole rings is 1. The maximum atomic E-state index is 12.8. The van der Waals surface area contributed by atoms with Gasteiger partial charge in [-0.25, -0.2) is 9.37 Å². The molecule has 0 aliphatic heterocycles. The van der Waals surface area contributed by atoms with Gasteiger partial charge in [-0.3, -0.25) is 14.6 Å². The number of carbonyl (C=O) groups is 2. The molecule has 0 saturated carbocycles. The molecule has 0 atom stereocenters. The fraction of sp³-hybridized carbons (Fsp3) is 0.111. The smallest absolute Gasteiger partial charge is 0.226 e. The third-order valence-electron chi connectivity index (χ3n) is 3.38. The molecule has 0 aliphatic carbocycles. The Labute approximate surface area is 153 Å². The van der Waals surface area contributed by atoms with Crippen molar-refractivity contribution in [3.8, 4) is 11.4 Å². The Bertz CT molecular complexity index is 897. The minimum Gasteiger partial charge on any atom is -0.326 e. The number of aromatic nitrogens is 2. The standard InChI is InChI=1S/C18H15FN4O2S/c19-12-4-6-13(7-5-12)21-16(24)8-9-17(25)23-18-22-15(11-26-18)14-3-1-2-10-20-14/h1-7,10-11H,8-9H2,(H,21,24)(H,22,23,25). The summed E-state index contributed by atoms with van der Waals surface area (Å²) in [5, 5.41) is 7.54. The largest absolute Gasteiger partial charge is 0.326 e. The molecule has 2 heterocycles. The third-order valence-corrected chi connectivity index (χ3v) is 4.14. The van der Waals surface area contributed by atoms with Crippen molar-refractivity contribution < 1.29 is 14.0 Å². The molecule has 2 N–H and O–H groups in total. The highest BCUT2D eigenvalue weighted by molar-refractivity contribution is 7.14. The zero-order valence-corrected chi connectivity index (χ0v) is 14.4. The summed E-state index contributed by atoms with van der Waals surface area (Å²) in [7, 11) is 0. The molecule has 0 unspecified atom stereocenters. The summed E-state index contributed by atoms with van der Waals surface area (Å²) in [4.78, 5) is 32.3. The van der Waals surface area contributed by atoms with Crippen LogP contribution in [0.15, 0.2) is 54.0 Å². The van der Waals surface area contributed by atoms with E-state index in [2.05, 4.69) is 20.6 Å². The number of hydrogen-bond donors (Lipinski definition) is 2. The average molecular weight is 370 g/mol. The molecule has 26 heavy (non-hydrogen) atoms. The lowest BCUT2D eigenvalue weighted by atomic mass is 10.2. The van der Waals surface area contributed by atoms with Gasteiger partial charge in [0.25, 0.3) is 0 Å². The minimum absolute atomic E-state index is 0.0156. The van der Waals surface area contributed by atoms with Crippen LogP contribution >= 0.6 is 11.3 Å². The lowest BCUT2D eigenvalue weighted by Gasteiger charge is -2.05. The van der Waals surface area contributed by atoms with E-state index in [-0.39, 0.29) is 30.5 Å². The summed E-state index contributed by atoms with van der Waals surface area (Å²) >= 11 is 1.29. The Morgan fingerprint density at radius 3 is 2.38 bits per heavy atom. The highest BCUT2D eigenvalue weighted by Crippen LogP contribution is 2.23. The number of anilines is 2. The van der Waals surface area contributed by atoms with E-state index in [1.807, 2.05) is 18.2 Å². The van der Waals surface area contributed by atoms with E-state index >= 15 is 0 Å². The first kappa shape index (κ1) is 17.7. The number of amides is 2. The Balaban J connectivity index is 1.47. The Morgan fingerprint density at radius 2 is 1.69 bits per heavy atom. The van der Waals surface area contributed by atoms with Crippen molar-refractivity contribution in [1.82, 2.24) is 9.97 Å². The lowest BCUT2D eigenvalue weighted by molar-refractivity contribution is -0.121. The fourth-order valence-electron chi connectivity index (χ4n) is 2.13. The van der Waals surface area contributed by atoms with E-state index in [0.717, 1.165) is 5.69 Å². The molecular formula is C18H15FN4O2S. The molecule has 2 aromatic heterocycles. The second-order valence-corrected chi connectivity index (χ2v) is 6.21. The number of hydrogen-bond acceptors (Lipinski definition) is 5. The summed E-state index contributed by atoms with van der Waals surface area (Å²) in [6, 6.07) is 10.9. The minimum atomic E-state index is -0.379. The van der Waals surface area contributed by atoms with Crippen molar-refractivity contribution >= 4 is 34.0 Å². The molecule has 1 aromatic carbocycles. The van der Waals surface area contributed by atoms with Gasteiger partial charge in [0.05, 0.1) is 5.69 Å². The van der Waals surface area contributed by atoms with E-state index < -0.39 is 0 Å². The van der Waals surface area contributed by atoms with E-state index in [9.17, 15) is 14.0 Å². The molecule has 0 aliphatic rings. The molecule has 0 radical (unpaired) electrons. The quantitative estimate of drug-likeness (QED) is 0.693. The van der Waals surface area contributed by atoms with Crippen LogP contribution in [0.1, 0.15) is 12.8 Å². The van der Waals surface area contributed by atoms with Crippen LogP contribution in [-0.2, 0) is 9.59 Å². The van der Waals surface area contributed by atoms with Crippen molar-refractivity contribution in [3.63, 3.8) is 0 Å². The van der Waals surface area contributed by atoms with Gasteiger partial charge in [0.15, 0.2) is 5.13 Å². The van der Waals surface area contributed by atoms with E-state index in [4.69, 9.17) is 0 Å². The summed E-state index contributed by atoms with van der Waals surface area (Å²) in [6.07, 6.45) is 1.71. The highest BCUT2D eigenvalue weighted by Gasteiger charge is 2.11. The number of rotatable bonds is 6. The first-order chi connectivity index (χ1) is 12.6. The molecule has 0 saturated heterocycles. The molecule has 0 fully saturated rings. The SMILES string of the molecule is O=C(CCC(=O)Nc1nc(-c2ccccn2)cs1)Nc1ccc(F)cc1. The maximum Gasteiger partial charge on any atom is 0.226 e. The number of benzene rings is 1. The first-order valence-electron chi connectivity index (χ1n) is 7.82. The zero-order valence-electron chi connectivity index (χ0n) is 13.6. The highest BCUT2D eigenvalue weighted by atomic mass is 32.1. The Morgan fingerprint density at radius 1 is 0.962 bits per heavy atom. The van der Waals surface area contributed by atoms with Gasteiger partial charge < -0.3 is 10.6 Å². The zero-order chi connectivity index (χ0) is 18.4. The number of halogens is 1. The van der Waals surface area contributed by atoms with E-state index in [1.54, 1.807) is 11.6 Å². The van der Waals surface area contributed by atoms with Crippen LogP contribution in [0.4, 0.5) is 15.2 Å². The summed E-state index contributed by atoms with van der Waals surface area (Å²) in [6.45, 7) is 0. The van der Waals surface area contributed by atoms with Crippen LogP contribution in [0, 0.1) is 5.82 Å². The molecule has 2 amide bonds. The van der Waals surface area contributed by atoms with Gasteiger partial charge in [0, 0.05) is 30.1 Å². The van der Waals surface area contributed by atoms with Crippen molar-refractivity contribution in [2.45, 2.75) is 12.8 Å². The molecule has 132 valence electrons. The predicted octanol–water partition coefficient (Wildman–Crippen LogP) is 3.70. The van der Waals surface area contributed by atoms with E-state index in [0.29, 0.717) is 16.5 Å². The van der Waals surface area contributed by atoms with Gasteiger partial charge >= 0.3 is 0 Å². The lowest BCUT2D eigenvalue weighted by Crippen LogP contribution is -2.17. The van der Waals surface area contributed by atoms with Crippen LogP contribution in [-0.4, -0.2) is 21.8 Å². The molecule has 8 heteroatoms. The third kappa shape index (κ3) is 4.93. The topological polar surface area (TPSA) is 84.0 Å². The van der Waals surface area contributed by atoms with Gasteiger partial charge in [-0.2, -0.15) is 0 Å². The van der Waals surface area contributed by atoms with Crippen LogP contribution in [0.25, 0.3) is 11.4 Å². The normalized spacial score (nSPS) is 10.3. The number of carbonyl (C=O) groups excluding carboxylic acids is 2. The fourth-order valence-corrected chi connectivity index (χ4v) is 2.85. The van der Waals surface area contributed by atoms with Gasteiger partial charge in [0.1, 0.15) is 11.5 Å². The van der Waals surface area contributed by atoms with Crippen molar-refractivity contribution in [3.05, 3.63) is 59.9 Å². The van der Waals surface area contributed by atoms with Crippen LogP contribution in [0.5, 0.6) is 0 Å². The van der Waals surface area contributed by atoms with Crippen molar-refractivity contribution in [2.75, 3.05) is 10.6 Å². The van der Waals surface area contributed by atoms with Gasteiger partial charge in [-0.1, -0.05) is 6.07 Å². The summed E-state index contributed by atoms with van der Waals surface area (Å²) in [5.41, 5.74) is 1.89. The van der Waals surface area contributed by atoms with Gasteiger partial charge in [-0.05, 0) is 36.4 Å². The molecule has 0 bridgehead atoms. The number of nitrogens with one attached hydrogen (secondary N) is 2. The Kier molecular flexibility index (Phi) is 5.65. The van der Waals surface area contributed by atoms with Crippen LogP contribution < -0.4 is 10.6 Å². The Hall–Kier alpha value is -3.13. The summed E-state index contributed by atoms with van der Waals surface area (Å²) in [5.74, 6) is -1.00. The van der Waals surface area contributed by atoms with Crippen LogP contribution in [0.2, 0.25) is 0 Å². The van der Waals surface area contributed by atoms with Crippen LogP contribution in [0.3, 0.4) is 0 Å². The number of pyridine rings is 1. The van der Waals surface area contributed by atoms with Crippen molar-refractivity contribution in [2.24, 2.45) is 0 Å². The average Bonchev–Trinajstić information content (AvgIpc) is 3.11. The molecule has 3 rings (SSSR count). The second-order valence-electron chi connectivity index (χ2n) is 5.36. The molecule has 6 nitrogen and oxygen atoms in total.